The second-order valence-corrected chi connectivity index (χ2v) is 9.84. The highest BCUT2D eigenvalue weighted by molar-refractivity contribution is 5.79. The average molecular weight is 369 g/mol. The molecule has 1 aliphatic heterocycles. The third-order valence-electron chi connectivity index (χ3n) is 8.10. The van der Waals surface area contributed by atoms with Crippen molar-refractivity contribution in [1.29, 1.82) is 0 Å². The van der Waals surface area contributed by atoms with Gasteiger partial charge in [-0.2, -0.15) is 0 Å². The molecule has 5 aliphatic rings. The fraction of sp³-hybridized carbons (Fsp3) is 0.773. The van der Waals surface area contributed by atoms with Crippen molar-refractivity contribution in [1.82, 2.24) is 15.3 Å². The summed E-state index contributed by atoms with van der Waals surface area (Å²) >= 11 is 0. The van der Waals surface area contributed by atoms with Gasteiger partial charge in [-0.15, -0.1) is 0 Å². The van der Waals surface area contributed by atoms with Gasteiger partial charge in [-0.05, 0) is 81.5 Å². The Labute approximate surface area is 162 Å². The van der Waals surface area contributed by atoms with Gasteiger partial charge in [0.1, 0.15) is 5.82 Å². The van der Waals surface area contributed by atoms with Crippen LogP contribution in [0, 0.1) is 29.1 Å². The van der Waals surface area contributed by atoms with E-state index in [9.17, 15) is 4.79 Å². The highest BCUT2D eigenvalue weighted by atomic mass is 16.2. The van der Waals surface area contributed by atoms with Crippen molar-refractivity contribution in [2.24, 2.45) is 29.1 Å². The Hall–Kier alpha value is -1.65. The van der Waals surface area contributed by atoms with Crippen molar-refractivity contribution in [3.8, 4) is 0 Å². The van der Waals surface area contributed by atoms with E-state index in [0.29, 0.717) is 11.5 Å². The molecule has 27 heavy (non-hydrogen) atoms. The molecular formula is C22H32N4O. The van der Waals surface area contributed by atoms with Crippen LogP contribution in [-0.2, 0) is 4.79 Å². The van der Waals surface area contributed by atoms with E-state index in [1.165, 1.54) is 38.5 Å². The van der Waals surface area contributed by atoms with Crippen molar-refractivity contribution in [3.63, 3.8) is 0 Å². The zero-order chi connectivity index (χ0) is 18.4. The molecule has 4 aliphatic carbocycles. The molecule has 1 unspecified atom stereocenters. The molecule has 5 heteroatoms. The topological polar surface area (TPSA) is 58.1 Å². The van der Waals surface area contributed by atoms with Crippen molar-refractivity contribution in [2.45, 2.75) is 64.3 Å². The van der Waals surface area contributed by atoms with Crippen LogP contribution in [0.3, 0.4) is 0 Å². The van der Waals surface area contributed by atoms with Crippen LogP contribution in [0.4, 0.5) is 5.82 Å². The van der Waals surface area contributed by atoms with Gasteiger partial charge in [-0.25, -0.2) is 4.98 Å². The zero-order valence-corrected chi connectivity index (χ0v) is 16.4. The number of piperidine rings is 1. The van der Waals surface area contributed by atoms with Gasteiger partial charge >= 0.3 is 0 Å². The molecule has 1 amide bonds. The van der Waals surface area contributed by atoms with Crippen LogP contribution in [-0.4, -0.2) is 35.0 Å². The summed E-state index contributed by atoms with van der Waals surface area (Å²) in [5.74, 6) is 4.17. The summed E-state index contributed by atoms with van der Waals surface area (Å²) in [6, 6.07) is 0.330. The number of rotatable bonds is 4. The van der Waals surface area contributed by atoms with Gasteiger partial charge in [-0.3, -0.25) is 9.78 Å². The van der Waals surface area contributed by atoms with E-state index >= 15 is 0 Å². The van der Waals surface area contributed by atoms with E-state index in [2.05, 4.69) is 27.1 Å². The second-order valence-electron chi connectivity index (χ2n) is 9.84. The molecule has 0 spiro atoms. The van der Waals surface area contributed by atoms with Crippen LogP contribution in [0.1, 0.15) is 58.3 Å². The molecule has 1 saturated heterocycles. The Morgan fingerprint density at radius 3 is 2.30 bits per heavy atom. The lowest BCUT2D eigenvalue weighted by atomic mass is 9.48. The third kappa shape index (κ3) is 3.23. The standard InChI is InChI=1S/C22H32N4O/c1-15(22-11-16-8-17(12-22)10-18(9-16)13-22)25-21(27)19-2-6-26(7-3-19)20-14-23-4-5-24-20/h4-5,14-19H,2-3,6-13H2,1H3,(H,25,27). The number of aromatic nitrogens is 2. The van der Waals surface area contributed by atoms with Crippen molar-refractivity contribution in [3.05, 3.63) is 18.6 Å². The summed E-state index contributed by atoms with van der Waals surface area (Å²) in [4.78, 5) is 23.8. The number of amides is 1. The molecular weight excluding hydrogens is 336 g/mol. The number of hydrogen-bond donors (Lipinski definition) is 1. The SMILES string of the molecule is CC(NC(=O)C1CCN(c2cnccn2)CC1)C12CC3CC(CC(C3)C1)C2. The predicted octanol–water partition coefficient (Wildman–Crippen LogP) is 3.41. The quantitative estimate of drug-likeness (QED) is 0.885. The fourth-order valence-electron chi connectivity index (χ4n) is 7.02. The minimum Gasteiger partial charge on any atom is -0.355 e. The van der Waals surface area contributed by atoms with Crippen molar-refractivity contribution < 1.29 is 4.79 Å². The van der Waals surface area contributed by atoms with E-state index in [1.807, 2.05) is 6.20 Å². The number of nitrogens with one attached hydrogen (secondary N) is 1. The average Bonchev–Trinajstić information content (AvgIpc) is 2.68. The molecule has 0 radical (unpaired) electrons. The summed E-state index contributed by atoms with van der Waals surface area (Å²) < 4.78 is 0. The first-order valence-corrected chi connectivity index (χ1v) is 10.9. The van der Waals surface area contributed by atoms with Gasteiger partial charge in [0, 0.05) is 37.4 Å². The van der Waals surface area contributed by atoms with E-state index in [4.69, 9.17) is 0 Å². The maximum Gasteiger partial charge on any atom is 0.223 e. The molecule has 1 atom stereocenters. The Morgan fingerprint density at radius 1 is 1.11 bits per heavy atom. The van der Waals surface area contributed by atoms with Crippen LogP contribution in [0.15, 0.2) is 18.6 Å². The third-order valence-corrected chi connectivity index (χ3v) is 8.10. The van der Waals surface area contributed by atoms with Crippen LogP contribution in [0.5, 0.6) is 0 Å². The van der Waals surface area contributed by atoms with Gasteiger partial charge in [0.05, 0.1) is 6.20 Å². The van der Waals surface area contributed by atoms with Crippen molar-refractivity contribution in [2.75, 3.05) is 18.0 Å². The van der Waals surface area contributed by atoms with Crippen molar-refractivity contribution >= 4 is 11.7 Å². The smallest absolute Gasteiger partial charge is 0.223 e. The number of anilines is 1. The molecule has 2 heterocycles. The van der Waals surface area contributed by atoms with Gasteiger partial charge in [-0.1, -0.05) is 0 Å². The lowest BCUT2D eigenvalue weighted by Crippen LogP contribution is -2.56. The van der Waals surface area contributed by atoms with Gasteiger partial charge in [0.15, 0.2) is 0 Å². The summed E-state index contributed by atoms with van der Waals surface area (Å²) in [6.45, 7) is 4.07. The molecule has 5 nitrogen and oxygen atoms in total. The highest BCUT2D eigenvalue weighted by Gasteiger charge is 2.53. The largest absolute Gasteiger partial charge is 0.355 e. The minimum atomic E-state index is 0.147. The maximum absolute atomic E-state index is 13.0. The second kappa shape index (κ2) is 6.75. The van der Waals surface area contributed by atoms with E-state index in [-0.39, 0.29) is 11.8 Å². The molecule has 4 saturated carbocycles. The summed E-state index contributed by atoms with van der Waals surface area (Å²) in [7, 11) is 0. The number of carbonyl (C=O) groups excluding carboxylic acids is 1. The summed E-state index contributed by atoms with van der Waals surface area (Å²) in [5, 5.41) is 3.48. The Bertz CT molecular complexity index is 648. The first-order valence-electron chi connectivity index (χ1n) is 10.9. The molecule has 1 aromatic heterocycles. The first kappa shape index (κ1) is 17.4. The normalized spacial score (nSPS) is 36.6. The Morgan fingerprint density at radius 2 is 1.74 bits per heavy atom. The van der Waals surface area contributed by atoms with Crippen LogP contribution < -0.4 is 10.2 Å². The monoisotopic (exact) mass is 368 g/mol. The molecule has 0 aromatic carbocycles. The van der Waals surface area contributed by atoms with Crippen LogP contribution in [0.2, 0.25) is 0 Å². The molecule has 1 aromatic rings. The number of hydrogen-bond acceptors (Lipinski definition) is 4. The van der Waals surface area contributed by atoms with E-state index < -0.39 is 0 Å². The number of carbonyl (C=O) groups is 1. The maximum atomic E-state index is 13.0. The minimum absolute atomic E-state index is 0.147. The summed E-state index contributed by atoms with van der Waals surface area (Å²) in [6.07, 6.45) is 15.5. The first-order chi connectivity index (χ1) is 13.1. The highest BCUT2D eigenvalue weighted by Crippen LogP contribution is 2.61. The Balaban J connectivity index is 1.18. The molecule has 6 rings (SSSR count). The van der Waals surface area contributed by atoms with E-state index in [0.717, 1.165) is 49.5 Å². The van der Waals surface area contributed by atoms with Gasteiger partial charge < -0.3 is 10.2 Å². The lowest BCUT2D eigenvalue weighted by molar-refractivity contribution is -0.130. The predicted molar refractivity (Wildman–Crippen MR) is 105 cm³/mol. The molecule has 5 fully saturated rings. The molecule has 4 bridgehead atoms. The van der Waals surface area contributed by atoms with Gasteiger partial charge in [0.25, 0.3) is 0 Å². The summed E-state index contributed by atoms with van der Waals surface area (Å²) in [5.41, 5.74) is 0.394. The fourth-order valence-corrected chi connectivity index (χ4v) is 7.02. The molecule has 146 valence electrons. The van der Waals surface area contributed by atoms with Crippen LogP contribution in [0.25, 0.3) is 0 Å². The van der Waals surface area contributed by atoms with Gasteiger partial charge in [0.2, 0.25) is 5.91 Å². The molecule has 1 N–H and O–H groups in total. The van der Waals surface area contributed by atoms with Crippen LogP contribution >= 0.6 is 0 Å². The zero-order valence-electron chi connectivity index (χ0n) is 16.4. The lowest BCUT2D eigenvalue weighted by Gasteiger charge is -2.59. The number of nitrogens with zero attached hydrogens (tertiary/aromatic N) is 3. The Kier molecular flexibility index (Phi) is 4.36. The van der Waals surface area contributed by atoms with E-state index in [1.54, 1.807) is 12.4 Å².